The Labute approximate surface area is 495 Å². The van der Waals surface area contributed by atoms with E-state index in [0.29, 0.717) is 0 Å². The number of phosphoric ester groups is 5. The Morgan fingerprint density at radius 2 is 0.618 bits per heavy atom. The average Bonchev–Trinajstić information content (AvgIpc) is 1.74. The molecule has 4 saturated heterocycles. The van der Waals surface area contributed by atoms with Crippen LogP contribution in [0.4, 0.5) is 23.3 Å². The predicted octanol–water partition coefficient (Wildman–Crippen LogP) is -0.0814. The Bertz CT molecular complexity index is 4190. The van der Waals surface area contributed by atoms with E-state index in [1.807, 2.05) is 0 Å². The maximum atomic E-state index is 14.2. The van der Waals surface area contributed by atoms with Crippen molar-refractivity contribution in [2.24, 2.45) is 0 Å². The molecule has 49 heteroatoms. The van der Waals surface area contributed by atoms with Crippen LogP contribution in [0.25, 0.3) is 44.7 Å². The summed E-state index contributed by atoms with van der Waals surface area (Å²) >= 11 is 0. The van der Waals surface area contributed by atoms with E-state index in [4.69, 9.17) is 73.5 Å². The second kappa shape index (κ2) is 24.4. The Morgan fingerprint density at radius 3 is 0.865 bits per heavy atom. The number of fused-ring (bicyclic) bond motifs is 4. The maximum absolute atomic E-state index is 14.2. The molecule has 3 unspecified atom stereocenters. The summed E-state index contributed by atoms with van der Waals surface area (Å²) in [5, 5.41) is 0. The normalized spacial score (nSPS) is 28.1. The first-order chi connectivity index (χ1) is 42.1. The van der Waals surface area contributed by atoms with Crippen LogP contribution in [0, 0.1) is 0 Å². The second-order valence-corrected chi connectivity index (χ2v) is 26.6. The lowest BCUT2D eigenvalue weighted by Crippen LogP contribution is -2.32. The van der Waals surface area contributed by atoms with Crippen LogP contribution in [-0.2, 0) is 78.0 Å². The first kappa shape index (κ1) is 63.0. The molecule has 0 bridgehead atoms. The molecule has 480 valence electrons. The third kappa shape index (κ3) is 13.9. The van der Waals surface area contributed by atoms with Crippen molar-refractivity contribution in [2.75, 3.05) is 49.4 Å². The van der Waals surface area contributed by atoms with Gasteiger partial charge in [-0.3, -0.25) is 54.5 Å². The minimum atomic E-state index is -5.42. The molecule has 4 aliphatic rings. The number of nitrogen functional groups attached to an aromatic ring is 4. The van der Waals surface area contributed by atoms with Gasteiger partial charge in [0, 0.05) is 25.7 Å². The van der Waals surface area contributed by atoms with E-state index in [1.54, 1.807) is 0 Å². The molecule has 0 spiro atoms. The minimum Gasteiger partial charge on any atom is -0.382 e. The molecular formula is C40H51N20O24P5. The first-order valence-electron chi connectivity index (χ1n) is 25.9. The Morgan fingerprint density at radius 1 is 0.371 bits per heavy atom. The second-order valence-electron chi connectivity index (χ2n) is 19.9. The third-order valence-corrected chi connectivity index (χ3v) is 18.3. The third-order valence-electron chi connectivity index (χ3n) is 14.2. The number of aromatic nitrogens is 16. The largest absolute Gasteiger partial charge is 0.472 e. The molecule has 15 N–H and O–H groups in total. The van der Waals surface area contributed by atoms with Crippen molar-refractivity contribution < 1.29 is 112 Å². The van der Waals surface area contributed by atoms with E-state index in [2.05, 4.69) is 64.3 Å². The minimum absolute atomic E-state index is 0.0150. The Hall–Kier alpha value is -6.21. The van der Waals surface area contributed by atoms with E-state index in [9.17, 15) is 57.1 Å². The molecule has 12 rings (SSSR count). The number of hydrogen-bond acceptors (Lipinski definition) is 33. The van der Waals surface area contributed by atoms with Gasteiger partial charge in [0.15, 0.2) is 45.9 Å². The fourth-order valence-corrected chi connectivity index (χ4v) is 14.1. The maximum Gasteiger partial charge on any atom is 0.472 e. The molecule has 44 nitrogen and oxygen atoms in total. The molecule has 0 aromatic carbocycles. The quantitative estimate of drug-likeness (QED) is 0.0352. The number of imidazole rings is 4. The molecule has 8 aromatic rings. The van der Waals surface area contributed by atoms with E-state index in [1.165, 1.54) is 43.6 Å². The number of phosphoric acid groups is 5. The van der Waals surface area contributed by atoms with E-state index in [-0.39, 0.29) is 93.6 Å². The summed E-state index contributed by atoms with van der Waals surface area (Å²) in [5.41, 5.74) is 25.2. The van der Waals surface area contributed by atoms with Gasteiger partial charge in [-0.05, 0) is 0 Å². The molecule has 4 fully saturated rings. The smallest absolute Gasteiger partial charge is 0.382 e. The molecule has 15 atom stereocenters. The van der Waals surface area contributed by atoms with Crippen LogP contribution in [0.15, 0.2) is 50.6 Å². The molecule has 0 amide bonds. The Balaban J connectivity index is 0.755. The molecule has 8 aromatic heterocycles. The highest BCUT2D eigenvalue weighted by molar-refractivity contribution is 7.48. The van der Waals surface area contributed by atoms with Crippen LogP contribution in [0.5, 0.6) is 0 Å². The molecule has 0 saturated carbocycles. The highest BCUT2D eigenvalue weighted by atomic mass is 31.2. The van der Waals surface area contributed by atoms with Gasteiger partial charge in [0.2, 0.25) is 0 Å². The molecule has 12 heterocycles. The topological polar surface area (TPSA) is 616 Å². The number of hydrogen-bond donors (Lipinski definition) is 11. The molecule has 0 radical (unpaired) electrons. The van der Waals surface area contributed by atoms with Gasteiger partial charge in [-0.15, -0.1) is 0 Å². The Kier molecular flexibility index (Phi) is 17.3. The molecule has 4 aliphatic heterocycles. The number of anilines is 4. The van der Waals surface area contributed by atoms with Crippen molar-refractivity contribution in [1.29, 1.82) is 0 Å². The number of nitrogens with two attached hydrogens (primary N) is 4. The summed E-state index contributed by atoms with van der Waals surface area (Å²) in [6.45, 7) is -3.64. The summed E-state index contributed by atoms with van der Waals surface area (Å²) in [4.78, 5) is 122. The lowest BCUT2D eigenvalue weighted by atomic mass is 10.2. The van der Waals surface area contributed by atoms with E-state index < -0.39 is 139 Å². The number of rotatable bonds is 24. The highest BCUT2D eigenvalue weighted by Crippen LogP contribution is 2.55. The standard InChI is InChI=1S/C40H51N20O24P5/c41-33-29-37(49-9-45-33)57(13-53-29)25-1-17(81-86(64,65)66)22(78-25)6-74-87(67,68)83-19-3-27(59-15-55-31-35(43)47-11-51-39(31)59)80-24(19)8-76-89(71,72)84-20-4-28(60-16-56-32-36(44)48-12-52-40(32)60)79-23(20)7-75-88(69,70)82-18-2-26(77-21(18)5-73-85(61,62)63)58-14-54-30-34(42)46-10-50-38(30)58/h9-28H,1-8H2,(H,67,68)(H,69,70)(H,71,72)(H2,41,45,49)(H2,42,46,50)(H2,43,47,51)(H2,44,48,52)(H2,61,62,63)(H2,64,65,66)/t17-,18-,19-,20-,21+,22+,23+,24+,25+,26+,27+,28+/m0/s1. The van der Waals surface area contributed by atoms with Crippen molar-refractivity contribution in [3.8, 4) is 0 Å². The highest BCUT2D eigenvalue weighted by Gasteiger charge is 2.49. The van der Waals surface area contributed by atoms with Crippen LogP contribution >= 0.6 is 39.1 Å². The zero-order valence-corrected chi connectivity index (χ0v) is 49.4. The molecule has 89 heavy (non-hydrogen) atoms. The summed E-state index contributed by atoms with van der Waals surface area (Å²) in [6.07, 6.45) is -8.30. The van der Waals surface area contributed by atoms with Gasteiger partial charge < -0.3 is 76.1 Å². The van der Waals surface area contributed by atoms with Crippen molar-refractivity contribution >= 4 is 107 Å². The lowest BCUT2D eigenvalue weighted by molar-refractivity contribution is -0.0617. The van der Waals surface area contributed by atoms with Gasteiger partial charge in [0.25, 0.3) is 0 Å². The van der Waals surface area contributed by atoms with Gasteiger partial charge in [-0.2, -0.15) is 0 Å². The predicted molar refractivity (Wildman–Crippen MR) is 290 cm³/mol. The average molecular weight is 1350 g/mol. The summed E-state index contributed by atoms with van der Waals surface area (Å²) in [6, 6.07) is 0. The van der Waals surface area contributed by atoms with Gasteiger partial charge in [0.05, 0.1) is 51.7 Å². The van der Waals surface area contributed by atoms with Crippen molar-refractivity contribution in [3.63, 3.8) is 0 Å². The first-order valence-corrected chi connectivity index (χ1v) is 33.4. The fraction of sp³-hybridized carbons (Fsp3) is 0.500. The van der Waals surface area contributed by atoms with Crippen molar-refractivity contribution in [3.05, 3.63) is 50.6 Å². The van der Waals surface area contributed by atoms with Gasteiger partial charge >= 0.3 is 39.1 Å². The fourth-order valence-electron chi connectivity index (χ4n) is 10.3. The molecule has 0 aliphatic carbocycles. The van der Waals surface area contributed by atoms with Gasteiger partial charge in [0.1, 0.15) is 121 Å². The van der Waals surface area contributed by atoms with Crippen molar-refractivity contribution in [1.82, 2.24) is 78.1 Å². The van der Waals surface area contributed by atoms with Gasteiger partial charge in [-0.25, -0.2) is 82.6 Å². The summed E-state index contributed by atoms with van der Waals surface area (Å²) < 4.78 is 139. The van der Waals surface area contributed by atoms with Gasteiger partial charge in [-0.1, -0.05) is 0 Å². The lowest BCUT2D eigenvalue weighted by Gasteiger charge is -2.25. The van der Waals surface area contributed by atoms with E-state index in [0.717, 1.165) is 25.3 Å². The SMILES string of the molecule is Nc1ncnc2c1ncn2[C@H]1C[C@H](OP(=O)(O)O)[C@@H](COP(=O)(O)O[C@H]2C[C@H](n3cnc4c(N)ncnc43)O[C@@H]2COP(=O)(O)O[C@H]2C[C@H](n3cnc4c(N)ncnc43)O[C@@H]2COP(=O)(O)O[C@H]2C[C@H](n3cnc4c(N)ncnc43)O[C@@H]2COP(=O)(O)O)O1. The monoisotopic (exact) mass is 1350 g/mol. The van der Waals surface area contributed by atoms with Crippen molar-refractivity contribution in [2.45, 2.75) is 99.4 Å². The zero-order chi connectivity index (χ0) is 63.0. The molecular weight excluding hydrogens is 1300 g/mol. The summed E-state index contributed by atoms with van der Waals surface area (Å²) in [5.74, 6) is 0.000754. The number of nitrogens with zero attached hydrogens (tertiary/aromatic N) is 16. The van der Waals surface area contributed by atoms with Crippen LogP contribution in [0.2, 0.25) is 0 Å². The zero-order valence-electron chi connectivity index (χ0n) is 45.0. The van der Waals surface area contributed by atoms with E-state index >= 15 is 0 Å². The van der Waals surface area contributed by atoms with Crippen LogP contribution in [0.3, 0.4) is 0 Å². The van der Waals surface area contributed by atoms with Crippen LogP contribution < -0.4 is 22.9 Å². The summed E-state index contributed by atoms with van der Waals surface area (Å²) in [7, 11) is -26.4. The van der Waals surface area contributed by atoms with Crippen LogP contribution in [-0.4, -0.2) is 188 Å². The number of ether oxygens (including phenoxy) is 4. The van der Waals surface area contributed by atoms with Crippen LogP contribution in [0.1, 0.15) is 50.6 Å².